The highest BCUT2D eigenvalue weighted by atomic mass is 35.5. The van der Waals surface area contributed by atoms with Crippen LogP contribution in [0.5, 0.6) is 0 Å². The normalized spacial score (nSPS) is 12.4. The van der Waals surface area contributed by atoms with E-state index in [9.17, 15) is 4.79 Å². The van der Waals surface area contributed by atoms with Crippen molar-refractivity contribution < 1.29 is 4.79 Å². The molecule has 0 aliphatic carbocycles. The lowest BCUT2D eigenvalue weighted by atomic mass is 10.0. The summed E-state index contributed by atoms with van der Waals surface area (Å²) in [5.41, 5.74) is 1.05. The van der Waals surface area contributed by atoms with Gasteiger partial charge in [-0.15, -0.1) is 11.3 Å². The van der Waals surface area contributed by atoms with Crippen LogP contribution in [0.1, 0.15) is 35.1 Å². The number of rotatable bonds is 7. The first-order valence-electron chi connectivity index (χ1n) is 7.47. The average Bonchev–Trinajstić information content (AvgIpc) is 3.06. The molecule has 0 spiro atoms. The number of carbonyl (C=O) groups excluding carboxylic acids is 1. The quantitative estimate of drug-likeness (QED) is 0.821. The summed E-state index contributed by atoms with van der Waals surface area (Å²) in [6, 6.07) is 11.6. The highest BCUT2D eigenvalue weighted by Crippen LogP contribution is 2.27. The first kappa shape index (κ1) is 17.0. The molecule has 0 saturated carbocycles. The molecule has 118 valence electrons. The molecule has 1 aromatic carbocycles. The lowest BCUT2D eigenvalue weighted by Crippen LogP contribution is -2.38. The van der Waals surface area contributed by atoms with Crippen LogP contribution in [0.2, 0.25) is 5.02 Å². The van der Waals surface area contributed by atoms with E-state index in [4.69, 9.17) is 11.6 Å². The van der Waals surface area contributed by atoms with Gasteiger partial charge in [-0.05, 0) is 36.2 Å². The van der Waals surface area contributed by atoms with Crippen molar-refractivity contribution in [2.45, 2.75) is 19.9 Å². The Bertz CT molecular complexity index is 596. The Morgan fingerprint density at radius 2 is 1.95 bits per heavy atom. The van der Waals surface area contributed by atoms with Crippen molar-refractivity contribution in [3.63, 3.8) is 0 Å². The molecular formula is C17H21ClN2OS. The molecule has 1 aromatic heterocycles. The molecule has 0 fully saturated rings. The van der Waals surface area contributed by atoms with E-state index in [0.29, 0.717) is 6.54 Å². The third-order valence-electron chi connectivity index (χ3n) is 3.72. The van der Waals surface area contributed by atoms with E-state index in [2.05, 4.69) is 24.1 Å². The Labute approximate surface area is 140 Å². The van der Waals surface area contributed by atoms with Crippen LogP contribution in [0.15, 0.2) is 41.8 Å². The second kappa shape index (κ2) is 8.32. The summed E-state index contributed by atoms with van der Waals surface area (Å²) < 4.78 is 0. The first-order chi connectivity index (χ1) is 10.7. The Morgan fingerprint density at radius 3 is 2.55 bits per heavy atom. The molecule has 1 heterocycles. The second-order valence-corrected chi connectivity index (χ2v) is 6.30. The van der Waals surface area contributed by atoms with Gasteiger partial charge in [0.2, 0.25) is 0 Å². The van der Waals surface area contributed by atoms with Crippen LogP contribution in [0.3, 0.4) is 0 Å². The maximum atomic E-state index is 12.2. The molecule has 5 heteroatoms. The summed E-state index contributed by atoms with van der Waals surface area (Å²) in [6.45, 7) is 6.59. The van der Waals surface area contributed by atoms with Crippen LogP contribution in [-0.4, -0.2) is 30.4 Å². The molecule has 3 nitrogen and oxygen atoms in total. The third kappa shape index (κ3) is 4.09. The van der Waals surface area contributed by atoms with Crippen molar-refractivity contribution in [1.29, 1.82) is 0 Å². The Kier molecular flexibility index (Phi) is 6.43. The van der Waals surface area contributed by atoms with Crippen molar-refractivity contribution in [3.05, 3.63) is 57.2 Å². The molecule has 2 aromatic rings. The van der Waals surface area contributed by atoms with Gasteiger partial charge in [0.05, 0.1) is 10.9 Å². The van der Waals surface area contributed by atoms with Crippen molar-refractivity contribution in [2.24, 2.45) is 0 Å². The molecule has 22 heavy (non-hydrogen) atoms. The summed E-state index contributed by atoms with van der Waals surface area (Å²) in [7, 11) is 0. The predicted molar refractivity (Wildman–Crippen MR) is 93.8 cm³/mol. The summed E-state index contributed by atoms with van der Waals surface area (Å²) in [5, 5.41) is 5.68. The monoisotopic (exact) mass is 336 g/mol. The summed E-state index contributed by atoms with van der Waals surface area (Å²) in [4.78, 5) is 15.2. The molecule has 0 aliphatic rings. The van der Waals surface area contributed by atoms with Crippen LogP contribution in [0.25, 0.3) is 0 Å². The van der Waals surface area contributed by atoms with E-state index in [1.165, 1.54) is 11.3 Å². The number of likely N-dealkylation sites (N-methyl/N-ethyl adjacent to an activating group) is 1. The predicted octanol–water partition coefficient (Wildman–Crippen LogP) is 4.21. The minimum absolute atomic E-state index is 0.0285. The largest absolute Gasteiger partial charge is 0.349 e. The topological polar surface area (TPSA) is 32.3 Å². The van der Waals surface area contributed by atoms with Gasteiger partial charge in [-0.1, -0.05) is 49.7 Å². The minimum Gasteiger partial charge on any atom is -0.349 e. The Balaban J connectivity index is 2.15. The maximum absolute atomic E-state index is 12.2. The maximum Gasteiger partial charge on any atom is 0.261 e. The van der Waals surface area contributed by atoms with Gasteiger partial charge in [0, 0.05) is 11.6 Å². The molecule has 1 amide bonds. The number of hydrogen-bond acceptors (Lipinski definition) is 3. The molecule has 0 unspecified atom stereocenters. The number of hydrogen-bond donors (Lipinski definition) is 1. The van der Waals surface area contributed by atoms with Crippen LogP contribution in [0, 0.1) is 0 Å². The fourth-order valence-electron chi connectivity index (χ4n) is 2.53. The third-order valence-corrected chi connectivity index (χ3v) is 4.93. The number of carbonyl (C=O) groups is 1. The molecule has 1 N–H and O–H groups in total. The second-order valence-electron chi connectivity index (χ2n) is 4.95. The molecule has 0 bridgehead atoms. The fourth-order valence-corrected chi connectivity index (χ4v) is 3.43. The van der Waals surface area contributed by atoms with Crippen molar-refractivity contribution >= 4 is 28.8 Å². The van der Waals surface area contributed by atoms with Gasteiger partial charge in [-0.25, -0.2) is 0 Å². The Morgan fingerprint density at radius 1 is 1.23 bits per heavy atom. The molecule has 1 atom stereocenters. The number of benzene rings is 1. The zero-order valence-corrected chi connectivity index (χ0v) is 14.5. The van der Waals surface area contributed by atoms with E-state index in [0.717, 1.165) is 28.6 Å². The van der Waals surface area contributed by atoms with Gasteiger partial charge >= 0.3 is 0 Å². The zero-order valence-electron chi connectivity index (χ0n) is 12.9. The SMILES string of the molecule is CCN(CC)[C@H](CNC(=O)c1cccs1)c1ccccc1Cl. The zero-order chi connectivity index (χ0) is 15.9. The summed E-state index contributed by atoms with van der Waals surface area (Å²) in [6.07, 6.45) is 0. The van der Waals surface area contributed by atoms with Gasteiger partial charge in [-0.2, -0.15) is 0 Å². The lowest BCUT2D eigenvalue weighted by Gasteiger charge is -2.30. The van der Waals surface area contributed by atoms with E-state index in [1.54, 1.807) is 0 Å². The van der Waals surface area contributed by atoms with Crippen LogP contribution < -0.4 is 5.32 Å². The summed E-state index contributed by atoms with van der Waals surface area (Å²) >= 11 is 7.80. The smallest absolute Gasteiger partial charge is 0.261 e. The van der Waals surface area contributed by atoms with Crippen LogP contribution in [0.4, 0.5) is 0 Å². The molecular weight excluding hydrogens is 316 g/mol. The van der Waals surface area contributed by atoms with E-state index >= 15 is 0 Å². The van der Waals surface area contributed by atoms with Crippen molar-refractivity contribution in [3.8, 4) is 0 Å². The molecule has 0 radical (unpaired) electrons. The molecule has 0 saturated heterocycles. The lowest BCUT2D eigenvalue weighted by molar-refractivity contribution is 0.0939. The van der Waals surface area contributed by atoms with E-state index < -0.39 is 0 Å². The molecule has 2 rings (SSSR count). The fraction of sp³-hybridized carbons (Fsp3) is 0.353. The van der Waals surface area contributed by atoms with Gasteiger partial charge < -0.3 is 5.32 Å². The van der Waals surface area contributed by atoms with Gasteiger partial charge in [-0.3, -0.25) is 9.69 Å². The number of nitrogens with one attached hydrogen (secondary N) is 1. The number of halogens is 1. The standard InChI is InChI=1S/C17H21ClN2OS/c1-3-20(4-2)15(13-8-5-6-9-14(13)18)12-19-17(21)16-10-7-11-22-16/h5-11,15H,3-4,12H2,1-2H3,(H,19,21)/t15-/m1/s1. The highest BCUT2D eigenvalue weighted by molar-refractivity contribution is 7.12. The summed E-state index contributed by atoms with van der Waals surface area (Å²) in [5.74, 6) is -0.0285. The van der Waals surface area contributed by atoms with Crippen molar-refractivity contribution in [2.75, 3.05) is 19.6 Å². The average molecular weight is 337 g/mol. The van der Waals surface area contributed by atoms with Gasteiger partial charge in [0.15, 0.2) is 0 Å². The number of thiophene rings is 1. The Hall–Kier alpha value is -1.36. The van der Waals surface area contributed by atoms with Crippen LogP contribution in [-0.2, 0) is 0 Å². The van der Waals surface area contributed by atoms with Crippen LogP contribution >= 0.6 is 22.9 Å². The van der Waals surface area contributed by atoms with E-state index in [-0.39, 0.29) is 11.9 Å². The van der Waals surface area contributed by atoms with Gasteiger partial charge in [0.25, 0.3) is 5.91 Å². The molecule has 0 aliphatic heterocycles. The minimum atomic E-state index is -0.0285. The number of nitrogens with zero attached hydrogens (tertiary/aromatic N) is 1. The highest BCUT2D eigenvalue weighted by Gasteiger charge is 2.21. The van der Waals surface area contributed by atoms with E-state index in [1.807, 2.05) is 41.8 Å². The van der Waals surface area contributed by atoms with Gasteiger partial charge in [0.1, 0.15) is 0 Å². The van der Waals surface area contributed by atoms with Crippen molar-refractivity contribution in [1.82, 2.24) is 10.2 Å². The number of amides is 1. The first-order valence-corrected chi connectivity index (χ1v) is 8.73.